The minimum atomic E-state index is 0.583. The maximum atomic E-state index is 6.14. The van der Waals surface area contributed by atoms with Gasteiger partial charge < -0.3 is 23.8 Å². The summed E-state index contributed by atoms with van der Waals surface area (Å²) < 4.78 is 22.6. The molecule has 0 unspecified atom stereocenters. The Labute approximate surface area is 201 Å². The van der Waals surface area contributed by atoms with Crippen molar-refractivity contribution in [3.8, 4) is 34.1 Å². The molecule has 6 nitrogen and oxygen atoms in total. The van der Waals surface area contributed by atoms with Gasteiger partial charge in [0, 0.05) is 62.2 Å². The molecule has 178 valence electrons. The van der Waals surface area contributed by atoms with Crippen LogP contribution in [0.15, 0.2) is 54.6 Å². The number of hydrogen-bond acceptors (Lipinski definition) is 6. The normalized spacial score (nSPS) is 15.2. The van der Waals surface area contributed by atoms with Crippen molar-refractivity contribution < 1.29 is 18.9 Å². The topological polar surface area (TPSA) is 43.4 Å². The van der Waals surface area contributed by atoms with Crippen molar-refractivity contribution >= 4 is 5.69 Å². The van der Waals surface area contributed by atoms with Crippen molar-refractivity contribution in [2.24, 2.45) is 0 Å². The molecule has 0 aliphatic carbocycles. The summed E-state index contributed by atoms with van der Waals surface area (Å²) in [5, 5.41) is 0. The lowest BCUT2D eigenvalue weighted by atomic mass is 9.91. The SMILES string of the molecule is COc1cc(OC)cc(N2CCN(CCc3ccc(OC)c4c3-c3ccccc3CO4)CC2)c1. The van der Waals surface area contributed by atoms with Gasteiger partial charge in [-0.2, -0.15) is 0 Å². The summed E-state index contributed by atoms with van der Waals surface area (Å²) in [6.07, 6.45) is 0.969. The summed E-state index contributed by atoms with van der Waals surface area (Å²) in [5.41, 5.74) is 6.13. The summed E-state index contributed by atoms with van der Waals surface area (Å²) in [7, 11) is 5.09. The van der Waals surface area contributed by atoms with Crippen LogP contribution in [0.2, 0.25) is 0 Å². The molecule has 2 aliphatic rings. The molecule has 2 heterocycles. The van der Waals surface area contributed by atoms with Crippen molar-refractivity contribution in [3.05, 3.63) is 65.7 Å². The van der Waals surface area contributed by atoms with Gasteiger partial charge in [-0.05, 0) is 29.2 Å². The fraction of sp³-hybridized carbons (Fsp3) is 0.357. The van der Waals surface area contributed by atoms with Crippen LogP contribution in [0.25, 0.3) is 11.1 Å². The van der Waals surface area contributed by atoms with Crippen LogP contribution >= 0.6 is 0 Å². The van der Waals surface area contributed by atoms with Gasteiger partial charge in [-0.3, -0.25) is 4.90 Å². The van der Waals surface area contributed by atoms with E-state index < -0.39 is 0 Å². The fourth-order valence-corrected chi connectivity index (χ4v) is 4.94. The molecule has 2 aliphatic heterocycles. The highest BCUT2D eigenvalue weighted by Gasteiger charge is 2.25. The molecule has 0 spiro atoms. The maximum absolute atomic E-state index is 6.14. The van der Waals surface area contributed by atoms with E-state index in [1.54, 1.807) is 21.3 Å². The molecule has 1 fully saturated rings. The van der Waals surface area contributed by atoms with Gasteiger partial charge in [0.1, 0.15) is 18.1 Å². The van der Waals surface area contributed by atoms with Gasteiger partial charge in [0.05, 0.1) is 21.3 Å². The molecule has 5 rings (SSSR count). The van der Waals surface area contributed by atoms with Crippen LogP contribution in [-0.2, 0) is 13.0 Å². The molecule has 0 bridgehead atoms. The summed E-state index contributed by atoms with van der Waals surface area (Å²) in [6.45, 7) is 5.58. The summed E-state index contributed by atoms with van der Waals surface area (Å²) >= 11 is 0. The first-order valence-electron chi connectivity index (χ1n) is 11.8. The second kappa shape index (κ2) is 9.85. The number of fused-ring (bicyclic) bond motifs is 3. The van der Waals surface area contributed by atoms with Crippen molar-refractivity contribution in [2.45, 2.75) is 13.0 Å². The van der Waals surface area contributed by atoms with E-state index in [4.69, 9.17) is 18.9 Å². The monoisotopic (exact) mass is 460 g/mol. The zero-order chi connectivity index (χ0) is 23.5. The molecule has 0 saturated carbocycles. The minimum absolute atomic E-state index is 0.583. The Morgan fingerprint density at radius 2 is 1.56 bits per heavy atom. The number of anilines is 1. The van der Waals surface area contributed by atoms with Crippen LogP contribution < -0.4 is 23.8 Å². The number of methoxy groups -OCH3 is 3. The Balaban J connectivity index is 1.28. The quantitative estimate of drug-likeness (QED) is 0.512. The van der Waals surface area contributed by atoms with Gasteiger partial charge >= 0.3 is 0 Å². The molecule has 0 N–H and O–H groups in total. The number of nitrogens with zero attached hydrogens (tertiary/aromatic N) is 2. The first-order valence-corrected chi connectivity index (χ1v) is 11.8. The van der Waals surface area contributed by atoms with Crippen LogP contribution in [-0.4, -0.2) is 59.0 Å². The minimum Gasteiger partial charge on any atom is -0.497 e. The molecule has 3 aromatic rings. The van der Waals surface area contributed by atoms with E-state index in [9.17, 15) is 0 Å². The molecule has 1 saturated heterocycles. The zero-order valence-electron chi connectivity index (χ0n) is 20.2. The number of ether oxygens (including phenoxy) is 4. The number of benzene rings is 3. The van der Waals surface area contributed by atoms with Crippen LogP contribution in [0.5, 0.6) is 23.0 Å². The third kappa shape index (κ3) is 4.38. The predicted molar refractivity (Wildman–Crippen MR) is 135 cm³/mol. The van der Waals surface area contributed by atoms with Crippen LogP contribution in [0, 0.1) is 0 Å². The highest BCUT2D eigenvalue weighted by molar-refractivity contribution is 5.81. The average Bonchev–Trinajstić information content (AvgIpc) is 2.91. The Kier molecular flexibility index (Phi) is 6.50. The second-order valence-corrected chi connectivity index (χ2v) is 8.73. The van der Waals surface area contributed by atoms with Gasteiger partial charge in [-0.15, -0.1) is 0 Å². The van der Waals surface area contributed by atoms with E-state index in [0.717, 1.165) is 67.8 Å². The standard InChI is InChI=1S/C28H32N2O4/c1-31-23-16-22(17-24(18-23)32-2)30-14-12-29(13-15-30)11-10-20-8-9-26(33-3)28-27(20)25-7-5-4-6-21(25)19-34-28/h4-9,16-18H,10-15,19H2,1-3H3. The Bertz CT molecular complexity index is 1130. The van der Waals surface area contributed by atoms with Gasteiger partial charge in [-0.1, -0.05) is 30.3 Å². The lowest BCUT2D eigenvalue weighted by Gasteiger charge is -2.36. The third-order valence-electron chi connectivity index (χ3n) is 6.86. The van der Waals surface area contributed by atoms with Crippen molar-refractivity contribution in [1.82, 2.24) is 4.90 Å². The summed E-state index contributed by atoms with van der Waals surface area (Å²) in [6, 6.07) is 18.8. The highest BCUT2D eigenvalue weighted by Crippen LogP contribution is 2.45. The first kappa shape index (κ1) is 22.4. The number of rotatable bonds is 7. The van der Waals surface area contributed by atoms with Crippen molar-refractivity contribution in [2.75, 3.05) is 59.0 Å². The summed E-state index contributed by atoms with van der Waals surface area (Å²) in [5.74, 6) is 3.32. The lowest BCUT2D eigenvalue weighted by Crippen LogP contribution is -2.47. The average molecular weight is 461 g/mol. The Hall–Kier alpha value is -3.38. The van der Waals surface area contributed by atoms with E-state index in [1.165, 1.54) is 22.3 Å². The van der Waals surface area contributed by atoms with E-state index >= 15 is 0 Å². The first-order chi connectivity index (χ1) is 16.7. The smallest absolute Gasteiger partial charge is 0.169 e. The lowest BCUT2D eigenvalue weighted by molar-refractivity contribution is 0.260. The van der Waals surface area contributed by atoms with Crippen LogP contribution in [0.1, 0.15) is 11.1 Å². The second-order valence-electron chi connectivity index (χ2n) is 8.73. The maximum Gasteiger partial charge on any atom is 0.169 e. The molecule has 0 atom stereocenters. The van der Waals surface area contributed by atoms with E-state index in [2.05, 4.69) is 52.3 Å². The molecular formula is C28H32N2O4. The molecule has 34 heavy (non-hydrogen) atoms. The van der Waals surface area contributed by atoms with Crippen molar-refractivity contribution in [3.63, 3.8) is 0 Å². The fourth-order valence-electron chi connectivity index (χ4n) is 4.94. The van der Waals surface area contributed by atoms with Gasteiger partial charge in [-0.25, -0.2) is 0 Å². The van der Waals surface area contributed by atoms with E-state index in [-0.39, 0.29) is 0 Å². The molecule has 0 amide bonds. The predicted octanol–water partition coefficient (Wildman–Crippen LogP) is 4.64. The van der Waals surface area contributed by atoms with Crippen LogP contribution in [0.4, 0.5) is 5.69 Å². The van der Waals surface area contributed by atoms with Gasteiger partial charge in [0.2, 0.25) is 0 Å². The zero-order valence-corrected chi connectivity index (χ0v) is 20.2. The molecule has 0 radical (unpaired) electrons. The van der Waals surface area contributed by atoms with Crippen LogP contribution in [0.3, 0.4) is 0 Å². The van der Waals surface area contributed by atoms with Gasteiger partial charge in [0.15, 0.2) is 11.5 Å². The Morgan fingerprint density at radius 3 is 2.26 bits per heavy atom. The molecule has 3 aromatic carbocycles. The number of piperazine rings is 1. The molecule has 0 aromatic heterocycles. The summed E-state index contributed by atoms with van der Waals surface area (Å²) in [4.78, 5) is 4.95. The number of hydrogen-bond donors (Lipinski definition) is 0. The van der Waals surface area contributed by atoms with Crippen molar-refractivity contribution in [1.29, 1.82) is 0 Å². The third-order valence-corrected chi connectivity index (χ3v) is 6.86. The van der Waals surface area contributed by atoms with E-state index in [1.807, 2.05) is 12.1 Å². The largest absolute Gasteiger partial charge is 0.497 e. The molecular weight excluding hydrogens is 428 g/mol. The van der Waals surface area contributed by atoms with E-state index in [0.29, 0.717) is 6.61 Å². The highest BCUT2D eigenvalue weighted by atomic mass is 16.5. The molecule has 6 heteroatoms. The van der Waals surface area contributed by atoms with Gasteiger partial charge in [0.25, 0.3) is 0 Å². The Morgan fingerprint density at radius 1 is 0.824 bits per heavy atom.